The molecule has 0 amide bonds. The second-order valence-corrected chi connectivity index (χ2v) is 9.67. The molecule has 0 radical (unpaired) electrons. The van der Waals surface area contributed by atoms with Crippen LogP contribution in [0.2, 0.25) is 0 Å². The zero-order valence-corrected chi connectivity index (χ0v) is 21.2. The summed E-state index contributed by atoms with van der Waals surface area (Å²) in [5.74, 6) is 7.66. The van der Waals surface area contributed by atoms with Crippen molar-refractivity contribution in [1.29, 1.82) is 0 Å². The first-order valence-corrected chi connectivity index (χ1v) is 13.0. The number of nitrogens with zero attached hydrogens (tertiary/aromatic N) is 4. The molecule has 6 nitrogen and oxygen atoms in total. The first kappa shape index (κ1) is 25.0. The van der Waals surface area contributed by atoms with Crippen molar-refractivity contribution >= 4 is 29.1 Å². The van der Waals surface area contributed by atoms with Gasteiger partial charge >= 0.3 is 0 Å². The first-order chi connectivity index (χ1) is 17.1. The van der Waals surface area contributed by atoms with Gasteiger partial charge in [0.15, 0.2) is 11.0 Å². The lowest BCUT2D eigenvalue weighted by atomic mass is 10.1. The van der Waals surface area contributed by atoms with Crippen molar-refractivity contribution in [3.63, 3.8) is 0 Å². The third-order valence-electron chi connectivity index (χ3n) is 5.54. The van der Waals surface area contributed by atoms with Crippen LogP contribution < -0.4 is 4.74 Å². The molecule has 1 atom stereocenters. The highest BCUT2D eigenvalue weighted by molar-refractivity contribution is 7.99. The van der Waals surface area contributed by atoms with E-state index >= 15 is 0 Å². The summed E-state index contributed by atoms with van der Waals surface area (Å²) in [5, 5.41) is 10.1. The molecule has 8 heteroatoms. The van der Waals surface area contributed by atoms with Crippen LogP contribution in [0.5, 0.6) is 5.75 Å². The summed E-state index contributed by atoms with van der Waals surface area (Å²) in [5.41, 5.74) is 2.83. The number of ketones is 1. The average molecular weight is 507 g/mol. The Bertz CT molecular complexity index is 1250. The molecular formula is C27H27ClN4O2S. The van der Waals surface area contributed by atoms with E-state index < -0.39 is 0 Å². The number of hydrogen-bond acceptors (Lipinski definition) is 6. The summed E-state index contributed by atoms with van der Waals surface area (Å²) in [7, 11) is 0. The van der Waals surface area contributed by atoms with Crippen LogP contribution in [-0.4, -0.2) is 36.7 Å². The van der Waals surface area contributed by atoms with Crippen LogP contribution in [0, 0.1) is 18.8 Å². The second kappa shape index (κ2) is 12.6. The standard InChI is InChI=1S/C27H27ClN4O2S/c1-20-16-24(14-13-21(20)8-5-6-10-23(33)17-28)34-19-26-30-31-27(35-25-11-3-2-4-12-25)32(26)22-9-7-15-29-18-22/h3,7,9,11,13-16,18,25H,2,4,6,10,12,17,19H2,1H3. The van der Waals surface area contributed by atoms with Crippen LogP contribution in [0.15, 0.2) is 60.0 Å². The van der Waals surface area contributed by atoms with E-state index in [0.29, 0.717) is 23.9 Å². The Balaban J connectivity index is 1.47. The molecule has 2 aromatic heterocycles. The molecule has 0 aliphatic heterocycles. The molecule has 0 spiro atoms. The van der Waals surface area contributed by atoms with E-state index in [1.54, 1.807) is 18.0 Å². The number of allylic oxidation sites excluding steroid dienone is 1. The quantitative estimate of drug-likeness (QED) is 0.211. The second-order valence-electron chi connectivity index (χ2n) is 8.20. The molecule has 2 heterocycles. The maximum Gasteiger partial charge on any atom is 0.196 e. The number of rotatable bonds is 9. The molecule has 0 N–H and O–H groups in total. The number of benzene rings is 1. The predicted molar refractivity (Wildman–Crippen MR) is 139 cm³/mol. The Morgan fingerprint density at radius 1 is 1.31 bits per heavy atom. The van der Waals surface area contributed by atoms with Gasteiger partial charge in [0.25, 0.3) is 0 Å². The van der Waals surface area contributed by atoms with Gasteiger partial charge in [-0.2, -0.15) is 0 Å². The van der Waals surface area contributed by atoms with Crippen LogP contribution >= 0.6 is 23.4 Å². The van der Waals surface area contributed by atoms with Gasteiger partial charge in [-0.25, -0.2) is 0 Å². The fraction of sp³-hybridized carbons (Fsp3) is 0.333. The number of aryl methyl sites for hydroxylation is 1. The number of aromatic nitrogens is 4. The topological polar surface area (TPSA) is 69.9 Å². The molecule has 0 saturated heterocycles. The number of ether oxygens (including phenoxy) is 1. The van der Waals surface area contributed by atoms with Gasteiger partial charge in [0.2, 0.25) is 0 Å². The number of carbonyl (C=O) groups is 1. The van der Waals surface area contributed by atoms with Crippen molar-refractivity contribution in [1.82, 2.24) is 19.7 Å². The lowest BCUT2D eigenvalue weighted by Crippen LogP contribution is -2.09. The van der Waals surface area contributed by atoms with Crippen LogP contribution in [0.25, 0.3) is 5.69 Å². The summed E-state index contributed by atoms with van der Waals surface area (Å²) >= 11 is 7.25. The smallest absolute Gasteiger partial charge is 0.196 e. The van der Waals surface area contributed by atoms with Gasteiger partial charge in [0.05, 0.1) is 17.8 Å². The summed E-state index contributed by atoms with van der Waals surface area (Å²) in [6.07, 6.45) is 12.4. The fourth-order valence-electron chi connectivity index (χ4n) is 3.67. The van der Waals surface area contributed by atoms with Gasteiger partial charge in [-0.05, 0) is 62.1 Å². The molecule has 4 rings (SSSR count). The highest BCUT2D eigenvalue weighted by Gasteiger charge is 2.19. The molecule has 1 aliphatic rings. The summed E-state index contributed by atoms with van der Waals surface area (Å²) in [4.78, 5) is 15.6. The van der Waals surface area contributed by atoms with E-state index in [0.717, 1.165) is 40.6 Å². The number of thioether (sulfide) groups is 1. The van der Waals surface area contributed by atoms with Gasteiger partial charge in [-0.1, -0.05) is 35.8 Å². The zero-order chi connectivity index (χ0) is 24.5. The van der Waals surface area contributed by atoms with Crippen LogP contribution in [0.4, 0.5) is 0 Å². The number of hydrogen-bond donors (Lipinski definition) is 0. The number of Topliss-reactive ketones (excluding diaryl/α,β-unsaturated/α-hetero) is 1. The number of halogens is 1. The van der Waals surface area contributed by atoms with Gasteiger partial charge in [-0.3, -0.25) is 14.3 Å². The number of alkyl halides is 1. The maximum absolute atomic E-state index is 11.3. The van der Waals surface area contributed by atoms with Gasteiger partial charge in [0.1, 0.15) is 18.1 Å². The highest BCUT2D eigenvalue weighted by atomic mass is 35.5. The molecule has 35 heavy (non-hydrogen) atoms. The summed E-state index contributed by atoms with van der Waals surface area (Å²) < 4.78 is 8.11. The lowest BCUT2D eigenvalue weighted by molar-refractivity contribution is -0.116. The van der Waals surface area contributed by atoms with Crippen molar-refractivity contribution < 1.29 is 9.53 Å². The van der Waals surface area contributed by atoms with Gasteiger partial charge < -0.3 is 4.74 Å². The Hall–Kier alpha value is -3.08. The fourth-order valence-corrected chi connectivity index (χ4v) is 4.95. The molecule has 3 aromatic rings. The molecule has 1 aliphatic carbocycles. The maximum atomic E-state index is 11.3. The van der Waals surface area contributed by atoms with Crippen molar-refractivity contribution in [2.24, 2.45) is 0 Å². The number of carbonyl (C=O) groups excluding carboxylic acids is 1. The average Bonchev–Trinajstić information content (AvgIpc) is 3.29. The number of pyridine rings is 1. The molecule has 180 valence electrons. The summed E-state index contributed by atoms with van der Waals surface area (Å²) in [6, 6.07) is 9.70. The molecule has 0 fully saturated rings. The normalized spacial score (nSPS) is 14.9. The summed E-state index contributed by atoms with van der Waals surface area (Å²) in [6.45, 7) is 2.26. The molecule has 0 saturated carbocycles. The third-order valence-corrected chi connectivity index (χ3v) is 7.01. The minimum absolute atomic E-state index is 0.0114. The van der Waals surface area contributed by atoms with Gasteiger partial charge in [0, 0.05) is 29.9 Å². The lowest BCUT2D eigenvalue weighted by Gasteiger charge is -2.16. The predicted octanol–water partition coefficient (Wildman–Crippen LogP) is 5.69. The van der Waals surface area contributed by atoms with E-state index in [1.165, 1.54) is 6.42 Å². The molecule has 1 unspecified atom stereocenters. The third kappa shape index (κ3) is 6.97. The van der Waals surface area contributed by atoms with Crippen LogP contribution in [-0.2, 0) is 11.4 Å². The Morgan fingerprint density at radius 2 is 2.23 bits per heavy atom. The van der Waals surface area contributed by atoms with Gasteiger partial charge in [-0.15, -0.1) is 21.8 Å². The van der Waals surface area contributed by atoms with E-state index in [4.69, 9.17) is 16.3 Å². The SMILES string of the molecule is Cc1cc(OCc2nnc(SC3C=CCCC3)n2-c2cccnc2)ccc1C#CCCC(=O)CCl. The van der Waals surface area contributed by atoms with Crippen molar-refractivity contribution in [2.45, 2.75) is 56.0 Å². The van der Waals surface area contributed by atoms with Crippen LogP contribution in [0.1, 0.15) is 49.1 Å². The molecule has 0 bridgehead atoms. The highest BCUT2D eigenvalue weighted by Crippen LogP contribution is 2.31. The van der Waals surface area contributed by atoms with Crippen LogP contribution in [0.3, 0.4) is 0 Å². The van der Waals surface area contributed by atoms with Crippen molar-refractivity contribution in [2.75, 3.05) is 5.88 Å². The molecular weight excluding hydrogens is 480 g/mol. The minimum Gasteiger partial charge on any atom is -0.486 e. The van der Waals surface area contributed by atoms with E-state index in [9.17, 15) is 4.79 Å². The van der Waals surface area contributed by atoms with Crippen molar-refractivity contribution in [3.05, 3.63) is 71.8 Å². The Kier molecular flexibility index (Phi) is 8.99. The monoisotopic (exact) mass is 506 g/mol. The van der Waals surface area contributed by atoms with E-state index in [2.05, 4.69) is 39.2 Å². The first-order valence-electron chi connectivity index (χ1n) is 11.6. The Morgan fingerprint density at radius 3 is 2.97 bits per heavy atom. The van der Waals surface area contributed by atoms with Crippen molar-refractivity contribution in [3.8, 4) is 23.3 Å². The zero-order valence-electron chi connectivity index (χ0n) is 19.6. The minimum atomic E-state index is 0.0114. The Labute approximate surface area is 215 Å². The largest absolute Gasteiger partial charge is 0.486 e. The molecule has 1 aromatic carbocycles. The van der Waals surface area contributed by atoms with E-state index in [-0.39, 0.29) is 18.3 Å². The van der Waals surface area contributed by atoms with E-state index in [1.807, 2.05) is 48.0 Å².